The summed E-state index contributed by atoms with van der Waals surface area (Å²) in [5.41, 5.74) is 0. The summed E-state index contributed by atoms with van der Waals surface area (Å²) in [6.45, 7) is 7.09. The molecule has 0 amide bonds. The Bertz CT molecular complexity index is 182. The molecule has 0 spiro atoms. The van der Waals surface area contributed by atoms with Gasteiger partial charge in [-0.25, -0.2) is 0 Å². The van der Waals surface area contributed by atoms with E-state index in [0.717, 1.165) is 0 Å². The molecule has 1 aliphatic carbocycles. The Hall–Kier alpha value is 0.991. The quantitative estimate of drug-likeness (QED) is 0.623. The van der Waals surface area contributed by atoms with E-state index in [2.05, 4.69) is 44.3 Å². The van der Waals surface area contributed by atoms with Crippen LogP contribution < -0.4 is 0 Å². The minimum atomic E-state index is -0.981. The van der Waals surface area contributed by atoms with Crippen LogP contribution in [-0.4, -0.2) is 8.07 Å². The molecule has 0 fully saturated rings. The van der Waals surface area contributed by atoms with E-state index in [9.17, 15) is 0 Å². The summed E-state index contributed by atoms with van der Waals surface area (Å²) < 4.78 is 0. The van der Waals surface area contributed by atoms with E-state index in [4.69, 9.17) is 18.6 Å². The van der Waals surface area contributed by atoms with Gasteiger partial charge in [0.15, 0.2) is 0 Å². The minimum absolute atomic E-state index is 0.556. The van der Waals surface area contributed by atoms with Crippen molar-refractivity contribution in [1.82, 2.24) is 0 Å². The Kier molecular flexibility index (Phi) is 6.98. The Morgan fingerprint density at radius 1 is 1.25 bits per heavy atom. The van der Waals surface area contributed by atoms with E-state index in [1.54, 1.807) is 5.20 Å². The molecule has 0 saturated heterocycles. The van der Waals surface area contributed by atoms with Crippen molar-refractivity contribution in [3.63, 3.8) is 0 Å². The molecule has 1 aliphatic rings. The molecule has 1 rings (SSSR count). The number of rotatable bonds is 1. The first-order valence-corrected chi connectivity index (χ1v) is 11.5. The van der Waals surface area contributed by atoms with E-state index in [1.807, 2.05) is 0 Å². The van der Waals surface area contributed by atoms with Crippen molar-refractivity contribution in [3.8, 4) is 0 Å². The molecule has 0 saturated carbocycles. The summed E-state index contributed by atoms with van der Waals surface area (Å²) in [5.74, 6) is 0. The molecular weight excluding hydrogens is 243 g/mol. The summed E-state index contributed by atoms with van der Waals surface area (Å²) >= 11 is -0.556. The molecular formula is C8H13Cl2SiTi. The second kappa shape index (κ2) is 6.45. The molecule has 0 aromatic carbocycles. The molecule has 0 unspecified atom stereocenters. The van der Waals surface area contributed by atoms with Crippen LogP contribution in [-0.2, 0) is 17.0 Å². The van der Waals surface area contributed by atoms with E-state index in [0.29, 0.717) is 0 Å². The van der Waals surface area contributed by atoms with Gasteiger partial charge in [-0.05, 0) is 0 Å². The monoisotopic (exact) mass is 255 g/mol. The van der Waals surface area contributed by atoms with Gasteiger partial charge in [-0.15, -0.1) is 0 Å². The normalized spacial score (nSPS) is 14.9. The average molecular weight is 256 g/mol. The number of hydrogen-bond acceptors (Lipinski definition) is 0. The topological polar surface area (TPSA) is 0 Å². The van der Waals surface area contributed by atoms with Gasteiger partial charge in [0, 0.05) is 6.42 Å². The summed E-state index contributed by atoms with van der Waals surface area (Å²) in [7, 11) is 8.80. The van der Waals surface area contributed by atoms with Gasteiger partial charge < -0.3 is 0 Å². The van der Waals surface area contributed by atoms with Crippen molar-refractivity contribution in [2.24, 2.45) is 0 Å². The summed E-state index contributed by atoms with van der Waals surface area (Å²) in [4.78, 5) is 0. The first-order valence-electron chi connectivity index (χ1n) is 3.71. The summed E-state index contributed by atoms with van der Waals surface area (Å²) in [6.07, 6.45) is 8.69. The van der Waals surface area contributed by atoms with Crippen LogP contribution in [0.25, 0.3) is 0 Å². The van der Waals surface area contributed by atoms with Crippen LogP contribution in [0.3, 0.4) is 0 Å². The molecule has 12 heavy (non-hydrogen) atoms. The van der Waals surface area contributed by atoms with Crippen LogP contribution >= 0.6 is 18.6 Å². The van der Waals surface area contributed by atoms with Gasteiger partial charge in [0.25, 0.3) is 0 Å². The predicted octanol–water partition coefficient (Wildman–Crippen LogP) is 3.94. The van der Waals surface area contributed by atoms with Crippen molar-refractivity contribution in [2.45, 2.75) is 19.6 Å². The standard InChI is InChI=1S/C8H13Si.2ClH.Ti/c1-9(2,3)8-6-4-5-7-8;;;/h4-7H,1-3H3;2*1H;/q;;;+2/p-2. The molecule has 67 valence electrons. The fraction of sp³-hybridized carbons (Fsp3) is 0.375. The van der Waals surface area contributed by atoms with Gasteiger partial charge in [-0.3, -0.25) is 0 Å². The predicted molar refractivity (Wildman–Crippen MR) is 56.6 cm³/mol. The molecule has 0 nitrogen and oxygen atoms in total. The van der Waals surface area contributed by atoms with Crippen molar-refractivity contribution in [1.29, 1.82) is 0 Å². The second-order valence-electron chi connectivity index (χ2n) is 3.50. The third kappa shape index (κ3) is 5.60. The first kappa shape index (κ1) is 13.0. The molecule has 4 heteroatoms. The Labute approximate surface area is 92.7 Å². The molecule has 0 aliphatic heterocycles. The molecule has 0 atom stereocenters. The number of halogens is 2. The van der Waals surface area contributed by atoms with Crippen LogP contribution in [0.1, 0.15) is 0 Å². The van der Waals surface area contributed by atoms with Crippen molar-refractivity contribution in [2.75, 3.05) is 0 Å². The van der Waals surface area contributed by atoms with Crippen LogP contribution in [0.15, 0.2) is 23.4 Å². The zero-order valence-electron chi connectivity index (χ0n) is 7.57. The van der Waals surface area contributed by atoms with Crippen LogP contribution in [0.2, 0.25) is 19.6 Å². The van der Waals surface area contributed by atoms with E-state index >= 15 is 0 Å². The van der Waals surface area contributed by atoms with Gasteiger partial charge in [0.05, 0.1) is 8.07 Å². The number of hydrogen-bond donors (Lipinski definition) is 0. The van der Waals surface area contributed by atoms with Gasteiger partial charge in [0.1, 0.15) is 0 Å². The van der Waals surface area contributed by atoms with Crippen molar-refractivity contribution >= 4 is 26.7 Å². The molecule has 0 heterocycles. The summed E-state index contributed by atoms with van der Waals surface area (Å²) in [6, 6.07) is 0. The molecule has 0 bridgehead atoms. The molecule has 1 radical (unpaired) electrons. The van der Waals surface area contributed by atoms with Gasteiger partial charge in [-0.1, -0.05) is 43.1 Å². The first-order chi connectivity index (χ1) is 5.52. The molecule has 0 N–H and O–H groups in total. The molecule has 0 aromatic heterocycles. The fourth-order valence-corrected chi connectivity index (χ4v) is 2.07. The Balaban J connectivity index is 0.000000354. The van der Waals surface area contributed by atoms with E-state index < -0.39 is 25.1 Å². The van der Waals surface area contributed by atoms with Gasteiger partial charge in [0.2, 0.25) is 0 Å². The van der Waals surface area contributed by atoms with Gasteiger partial charge in [-0.2, -0.15) is 0 Å². The maximum atomic E-state index is 4.89. The zero-order valence-corrected chi connectivity index (χ0v) is 11.6. The summed E-state index contributed by atoms with van der Waals surface area (Å²) in [5, 5.41) is 1.56. The zero-order chi connectivity index (χ0) is 9.61. The number of allylic oxidation sites excluding steroid dienone is 4. The fourth-order valence-electron chi connectivity index (χ4n) is 0.874. The van der Waals surface area contributed by atoms with Gasteiger partial charge >= 0.3 is 35.6 Å². The molecule has 0 aromatic rings. The van der Waals surface area contributed by atoms with E-state index in [1.165, 1.54) is 0 Å². The van der Waals surface area contributed by atoms with Crippen molar-refractivity contribution in [3.05, 3.63) is 29.8 Å². The third-order valence-corrected chi connectivity index (χ3v) is 3.59. The van der Waals surface area contributed by atoms with E-state index in [-0.39, 0.29) is 0 Å². The third-order valence-electron chi connectivity index (χ3n) is 1.53. The van der Waals surface area contributed by atoms with Crippen LogP contribution in [0.5, 0.6) is 0 Å². The van der Waals surface area contributed by atoms with Crippen LogP contribution in [0.4, 0.5) is 0 Å². The SMILES string of the molecule is C[Si](C)(C)C1=C[CH]C=C1.[Cl][Ti][Cl]. The van der Waals surface area contributed by atoms with Crippen LogP contribution in [0, 0.1) is 6.42 Å². The maximum absolute atomic E-state index is 4.89. The average Bonchev–Trinajstić information content (AvgIpc) is 2.36. The Morgan fingerprint density at radius 3 is 1.92 bits per heavy atom. The second-order valence-corrected chi connectivity index (χ2v) is 11.2. The van der Waals surface area contributed by atoms with Crippen molar-refractivity contribution < 1.29 is 17.0 Å². The Morgan fingerprint density at radius 2 is 1.75 bits per heavy atom.